The Balaban J connectivity index is 1.47. The first-order valence-electron chi connectivity index (χ1n) is 7.44. The van der Waals surface area contributed by atoms with Crippen molar-refractivity contribution in [2.24, 2.45) is 0 Å². The topological polar surface area (TPSA) is 28.2 Å². The number of hydrogen-bond donors (Lipinski definition) is 1. The maximum absolute atomic E-state index is 4.26. The van der Waals surface area contributed by atoms with E-state index in [0.717, 1.165) is 29.9 Å². The Morgan fingerprint density at radius 2 is 1.86 bits per heavy atom. The molecule has 0 spiro atoms. The molecule has 1 aliphatic rings. The third-order valence-electron chi connectivity index (χ3n) is 3.93. The summed E-state index contributed by atoms with van der Waals surface area (Å²) in [7, 11) is 0. The third kappa shape index (κ3) is 4.29. The predicted molar refractivity (Wildman–Crippen MR) is 90.3 cm³/mol. The van der Waals surface area contributed by atoms with Crippen molar-refractivity contribution in [2.45, 2.75) is 25.4 Å². The van der Waals surface area contributed by atoms with Crippen LogP contribution in [0.5, 0.6) is 0 Å². The smallest absolute Gasteiger partial charge is 0.106 e. The largest absolute Gasteiger partial charge is 0.381 e. The van der Waals surface area contributed by atoms with Crippen LogP contribution in [-0.2, 0) is 6.54 Å². The minimum Gasteiger partial charge on any atom is -0.381 e. The number of pyridine rings is 1. The molecule has 0 bridgehead atoms. The lowest BCUT2D eigenvalue weighted by molar-refractivity contribution is 0.211. The van der Waals surface area contributed by atoms with Gasteiger partial charge < -0.3 is 5.32 Å². The number of aromatic nitrogens is 1. The SMILES string of the molecule is Brc1ccc(NC2CCN(Cc3ccccc3)CC2)cn1. The summed E-state index contributed by atoms with van der Waals surface area (Å²) in [5.74, 6) is 0. The van der Waals surface area contributed by atoms with Gasteiger partial charge in [-0.05, 0) is 46.5 Å². The van der Waals surface area contributed by atoms with Crippen LogP contribution in [0.25, 0.3) is 0 Å². The van der Waals surface area contributed by atoms with Crippen molar-refractivity contribution in [3.8, 4) is 0 Å². The molecule has 0 atom stereocenters. The van der Waals surface area contributed by atoms with E-state index in [1.54, 1.807) is 0 Å². The zero-order chi connectivity index (χ0) is 14.5. The Bertz CT molecular complexity index is 548. The summed E-state index contributed by atoms with van der Waals surface area (Å²) in [4.78, 5) is 6.79. The van der Waals surface area contributed by atoms with E-state index < -0.39 is 0 Å². The van der Waals surface area contributed by atoms with Crippen LogP contribution >= 0.6 is 15.9 Å². The first-order chi connectivity index (χ1) is 10.3. The highest BCUT2D eigenvalue weighted by atomic mass is 79.9. The number of hydrogen-bond acceptors (Lipinski definition) is 3. The van der Waals surface area contributed by atoms with E-state index in [-0.39, 0.29) is 0 Å². The van der Waals surface area contributed by atoms with E-state index in [0.29, 0.717) is 6.04 Å². The second-order valence-corrected chi connectivity index (χ2v) is 6.36. The maximum Gasteiger partial charge on any atom is 0.106 e. The molecule has 4 heteroatoms. The van der Waals surface area contributed by atoms with Gasteiger partial charge in [0.25, 0.3) is 0 Å². The van der Waals surface area contributed by atoms with Crippen LogP contribution in [0.1, 0.15) is 18.4 Å². The maximum atomic E-state index is 4.26. The average molecular weight is 346 g/mol. The molecule has 1 saturated heterocycles. The Kier molecular flexibility index (Phi) is 4.88. The van der Waals surface area contributed by atoms with Gasteiger partial charge in [0.05, 0.1) is 11.9 Å². The zero-order valence-electron chi connectivity index (χ0n) is 12.0. The fourth-order valence-electron chi connectivity index (χ4n) is 2.77. The summed E-state index contributed by atoms with van der Waals surface area (Å²) in [5.41, 5.74) is 2.51. The Hall–Kier alpha value is -1.39. The van der Waals surface area contributed by atoms with Crippen molar-refractivity contribution in [2.75, 3.05) is 18.4 Å². The number of rotatable bonds is 4. The molecule has 2 heterocycles. The van der Waals surface area contributed by atoms with Gasteiger partial charge in [-0.1, -0.05) is 30.3 Å². The summed E-state index contributed by atoms with van der Waals surface area (Å²) in [5, 5.41) is 3.58. The second-order valence-electron chi connectivity index (χ2n) is 5.55. The number of benzene rings is 1. The highest BCUT2D eigenvalue weighted by Crippen LogP contribution is 2.18. The average Bonchev–Trinajstić information content (AvgIpc) is 2.53. The fourth-order valence-corrected chi connectivity index (χ4v) is 3.01. The predicted octanol–water partition coefficient (Wildman–Crippen LogP) is 3.92. The molecule has 110 valence electrons. The van der Waals surface area contributed by atoms with Gasteiger partial charge in [0.2, 0.25) is 0 Å². The molecule has 3 rings (SSSR count). The molecule has 1 fully saturated rings. The van der Waals surface area contributed by atoms with E-state index in [2.05, 4.69) is 67.5 Å². The van der Waals surface area contributed by atoms with Gasteiger partial charge in [-0.25, -0.2) is 4.98 Å². The lowest BCUT2D eigenvalue weighted by atomic mass is 10.0. The number of halogens is 1. The Labute approximate surface area is 134 Å². The Morgan fingerprint density at radius 1 is 1.10 bits per heavy atom. The molecule has 1 aliphatic heterocycles. The van der Waals surface area contributed by atoms with Crippen molar-refractivity contribution < 1.29 is 0 Å². The first kappa shape index (κ1) is 14.5. The summed E-state index contributed by atoms with van der Waals surface area (Å²) < 4.78 is 0.880. The number of likely N-dealkylation sites (tertiary alicyclic amines) is 1. The zero-order valence-corrected chi connectivity index (χ0v) is 13.6. The number of nitrogens with zero attached hydrogens (tertiary/aromatic N) is 2. The van der Waals surface area contributed by atoms with Crippen molar-refractivity contribution in [1.82, 2.24) is 9.88 Å². The van der Waals surface area contributed by atoms with Crippen LogP contribution in [0.15, 0.2) is 53.3 Å². The monoisotopic (exact) mass is 345 g/mol. The minimum absolute atomic E-state index is 0.556. The number of anilines is 1. The van der Waals surface area contributed by atoms with Crippen LogP contribution in [0.2, 0.25) is 0 Å². The van der Waals surface area contributed by atoms with Crippen molar-refractivity contribution in [3.05, 3.63) is 58.8 Å². The van der Waals surface area contributed by atoms with Crippen LogP contribution in [0.4, 0.5) is 5.69 Å². The van der Waals surface area contributed by atoms with Crippen LogP contribution in [0, 0.1) is 0 Å². The van der Waals surface area contributed by atoms with Gasteiger partial charge in [-0.2, -0.15) is 0 Å². The molecule has 1 N–H and O–H groups in total. The van der Waals surface area contributed by atoms with E-state index >= 15 is 0 Å². The molecule has 2 aromatic rings. The van der Waals surface area contributed by atoms with Gasteiger partial charge >= 0.3 is 0 Å². The molecule has 1 aromatic carbocycles. The van der Waals surface area contributed by atoms with Gasteiger partial charge in [-0.15, -0.1) is 0 Å². The highest BCUT2D eigenvalue weighted by molar-refractivity contribution is 9.10. The van der Waals surface area contributed by atoms with Gasteiger partial charge in [-0.3, -0.25) is 4.90 Å². The number of nitrogens with one attached hydrogen (secondary N) is 1. The van der Waals surface area contributed by atoms with Crippen molar-refractivity contribution in [3.63, 3.8) is 0 Å². The van der Waals surface area contributed by atoms with Crippen LogP contribution < -0.4 is 5.32 Å². The van der Waals surface area contributed by atoms with Crippen molar-refractivity contribution in [1.29, 1.82) is 0 Å². The molecule has 3 nitrogen and oxygen atoms in total. The summed E-state index contributed by atoms with van der Waals surface area (Å²) in [6.45, 7) is 3.36. The first-order valence-corrected chi connectivity index (χ1v) is 8.23. The molecule has 0 aliphatic carbocycles. The summed E-state index contributed by atoms with van der Waals surface area (Å²) in [6.07, 6.45) is 4.26. The standard InChI is InChI=1S/C17H20BrN3/c18-17-7-6-16(12-19-17)20-15-8-10-21(11-9-15)13-14-4-2-1-3-5-14/h1-7,12,15,20H,8-11,13H2. The van der Waals surface area contributed by atoms with Crippen molar-refractivity contribution >= 4 is 21.6 Å². The molecule has 0 radical (unpaired) electrons. The number of piperidine rings is 1. The molecular formula is C17H20BrN3. The molecule has 0 unspecified atom stereocenters. The quantitative estimate of drug-likeness (QED) is 0.851. The van der Waals surface area contributed by atoms with Gasteiger partial charge in [0.1, 0.15) is 4.60 Å². The lowest BCUT2D eigenvalue weighted by Crippen LogP contribution is -2.38. The van der Waals surface area contributed by atoms with Crippen LogP contribution in [-0.4, -0.2) is 29.0 Å². The van der Waals surface area contributed by atoms with E-state index in [4.69, 9.17) is 0 Å². The fraction of sp³-hybridized carbons (Fsp3) is 0.353. The molecule has 1 aromatic heterocycles. The third-order valence-corrected chi connectivity index (χ3v) is 4.40. The van der Waals surface area contributed by atoms with E-state index in [1.165, 1.54) is 18.4 Å². The highest BCUT2D eigenvalue weighted by Gasteiger charge is 2.19. The second kappa shape index (κ2) is 7.05. The van der Waals surface area contributed by atoms with E-state index in [9.17, 15) is 0 Å². The molecule has 21 heavy (non-hydrogen) atoms. The van der Waals surface area contributed by atoms with Gasteiger partial charge in [0.15, 0.2) is 0 Å². The molecule has 0 saturated carbocycles. The summed E-state index contributed by atoms with van der Waals surface area (Å²) >= 11 is 3.36. The summed E-state index contributed by atoms with van der Waals surface area (Å²) in [6, 6.07) is 15.3. The molecular weight excluding hydrogens is 326 g/mol. The Morgan fingerprint density at radius 3 is 2.52 bits per heavy atom. The van der Waals surface area contributed by atoms with Crippen LogP contribution in [0.3, 0.4) is 0 Å². The van der Waals surface area contributed by atoms with E-state index in [1.807, 2.05) is 12.3 Å². The van der Waals surface area contributed by atoms with Gasteiger partial charge in [0, 0.05) is 25.7 Å². The molecule has 0 amide bonds. The minimum atomic E-state index is 0.556. The normalized spacial score (nSPS) is 16.8. The lowest BCUT2D eigenvalue weighted by Gasteiger charge is -2.32.